The van der Waals surface area contributed by atoms with Crippen LogP contribution in [0.25, 0.3) is 0 Å². The predicted molar refractivity (Wildman–Crippen MR) is 96.4 cm³/mol. The molecule has 0 heterocycles. The lowest BCUT2D eigenvalue weighted by atomic mass is 9.80. The Labute approximate surface area is 145 Å². The molecule has 0 aromatic heterocycles. The van der Waals surface area contributed by atoms with E-state index in [0.29, 0.717) is 11.3 Å². The number of aromatic hydroxyl groups is 2. The number of phenols is 2. The Hall–Kier alpha value is -2.14. The molecule has 0 bridgehead atoms. The van der Waals surface area contributed by atoms with Crippen molar-refractivity contribution in [3.8, 4) is 11.5 Å². The van der Waals surface area contributed by atoms with E-state index in [1.54, 1.807) is 0 Å². The van der Waals surface area contributed by atoms with Gasteiger partial charge in [0.1, 0.15) is 11.5 Å². The van der Waals surface area contributed by atoms with E-state index in [1.165, 1.54) is 23.9 Å². The number of carbonyl (C=O) groups is 1. The molecule has 1 amide bonds. The summed E-state index contributed by atoms with van der Waals surface area (Å²) in [6, 6.07) is 12.6. The van der Waals surface area contributed by atoms with Crippen LogP contribution in [0, 0.1) is 0 Å². The minimum absolute atomic E-state index is 0.118. The third-order valence-corrected chi connectivity index (χ3v) is 5.33. The van der Waals surface area contributed by atoms with E-state index in [0.717, 1.165) is 24.0 Å². The summed E-state index contributed by atoms with van der Waals surface area (Å²) in [7, 11) is 0. The maximum atomic E-state index is 12.3. The van der Waals surface area contributed by atoms with Gasteiger partial charge in [0.05, 0.1) is 6.04 Å². The first-order chi connectivity index (χ1) is 11.6. The Kier molecular flexibility index (Phi) is 5.00. The van der Waals surface area contributed by atoms with E-state index in [4.69, 9.17) is 0 Å². The van der Waals surface area contributed by atoms with Gasteiger partial charge in [-0.2, -0.15) is 0 Å². The first-order valence-corrected chi connectivity index (χ1v) is 9.06. The highest BCUT2D eigenvalue weighted by Crippen LogP contribution is 2.45. The topological polar surface area (TPSA) is 69.6 Å². The van der Waals surface area contributed by atoms with Crippen LogP contribution in [0.5, 0.6) is 11.5 Å². The van der Waals surface area contributed by atoms with Gasteiger partial charge < -0.3 is 15.5 Å². The summed E-state index contributed by atoms with van der Waals surface area (Å²) < 4.78 is 0. The Balaban J connectivity index is 1.71. The van der Waals surface area contributed by atoms with Crippen molar-refractivity contribution in [3.05, 3.63) is 59.2 Å². The molecule has 3 N–H and O–H groups in total. The molecule has 0 saturated heterocycles. The Bertz CT molecular complexity index is 733. The van der Waals surface area contributed by atoms with Crippen LogP contribution in [0.1, 0.15) is 48.4 Å². The fraction of sp³-hybridized carbons (Fsp3) is 0.316. The second kappa shape index (κ2) is 7.18. The van der Waals surface area contributed by atoms with Gasteiger partial charge >= 0.3 is 0 Å². The highest BCUT2D eigenvalue weighted by atomic mass is 32.2. The molecule has 0 fully saturated rings. The maximum Gasteiger partial charge on any atom is 0.279 e. The number of amides is 1. The van der Waals surface area contributed by atoms with Gasteiger partial charge in [0.2, 0.25) is 0 Å². The molecule has 1 aliphatic carbocycles. The van der Waals surface area contributed by atoms with E-state index in [2.05, 4.69) is 5.32 Å². The average molecular weight is 343 g/mol. The average Bonchev–Trinajstić information content (AvgIpc) is 2.59. The summed E-state index contributed by atoms with van der Waals surface area (Å²) in [6.45, 7) is 2.03. The van der Waals surface area contributed by atoms with Crippen molar-refractivity contribution < 1.29 is 15.0 Å². The van der Waals surface area contributed by atoms with Crippen molar-refractivity contribution >= 4 is 17.0 Å². The minimum atomic E-state index is -0.265. The SMILES string of the molecule is C[C@@H]1CC[C@H](NC(=O)SCc2ccccc2)c2c(O)ccc(O)c21. The molecule has 2 atom stereocenters. The van der Waals surface area contributed by atoms with E-state index >= 15 is 0 Å². The molecule has 0 unspecified atom stereocenters. The Morgan fingerprint density at radius 1 is 1.08 bits per heavy atom. The molecule has 4 nitrogen and oxygen atoms in total. The molecular weight excluding hydrogens is 322 g/mol. The second-order valence-corrected chi connectivity index (χ2v) is 7.12. The number of carbonyl (C=O) groups excluding carboxylic acids is 1. The smallest absolute Gasteiger partial charge is 0.279 e. The summed E-state index contributed by atoms with van der Waals surface area (Å²) in [5.74, 6) is 1.09. The summed E-state index contributed by atoms with van der Waals surface area (Å²) in [5.41, 5.74) is 2.50. The number of hydrogen-bond acceptors (Lipinski definition) is 4. The molecule has 24 heavy (non-hydrogen) atoms. The van der Waals surface area contributed by atoms with Crippen LogP contribution in [0.3, 0.4) is 0 Å². The summed E-state index contributed by atoms with van der Waals surface area (Å²) in [6.07, 6.45) is 1.61. The van der Waals surface area contributed by atoms with Crippen LogP contribution in [0.2, 0.25) is 0 Å². The van der Waals surface area contributed by atoms with Crippen LogP contribution in [-0.4, -0.2) is 15.5 Å². The lowest BCUT2D eigenvalue weighted by Gasteiger charge is -2.31. The van der Waals surface area contributed by atoms with Gasteiger partial charge in [-0.15, -0.1) is 0 Å². The second-order valence-electron chi connectivity index (χ2n) is 6.17. The van der Waals surface area contributed by atoms with Gasteiger partial charge in [-0.25, -0.2) is 0 Å². The number of nitrogens with one attached hydrogen (secondary N) is 1. The fourth-order valence-corrected chi connectivity index (χ4v) is 3.97. The molecule has 0 aliphatic heterocycles. The lowest BCUT2D eigenvalue weighted by molar-refractivity contribution is 0.255. The van der Waals surface area contributed by atoms with Crippen LogP contribution in [0.15, 0.2) is 42.5 Å². The first-order valence-electron chi connectivity index (χ1n) is 8.08. The summed E-state index contributed by atoms with van der Waals surface area (Å²) >= 11 is 1.21. The van der Waals surface area contributed by atoms with E-state index in [1.807, 2.05) is 37.3 Å². The Morgan fingerprint density at radius 3 is 2.46 bits per heavy atom. The summed E-state index contributed by atoms with van der Waals surface area (Å²) in [4.78, 5) is 12.3. The van der Waals surface area contributed by atoms with Gasteiger partial charge in [0, 0.05) is 16.9 Å². The van der Waals surface area contributed by atoms with E-state index in [-0.39, 0.29) is 28.7 Å². The zero-order chi connectivity index (χ0) is 17.1. The van der Waals surface area contributed by atoms with Gasteiger partial charge in [0.25, 0.3) is 5.24 Å². The largest absolute Gasteiger partial charge is 0.508 e. The van der Waals surface area contributed by atoms with Gasteiger partial charge in [-0.05, 0) is 36.5 Å². The quantitative estimate of drug-likeness (QED) is 0.708. The first kappa shape index (κ1) is 16.7. The van der Waals surface area contributed by atoms with Crippen molar-refractivity contribution in [2.75, 3.05) is 0 Å². The monoisotopic (exact) mass is 343 g/mol. The molecular formula is C19H21NO3S. The predicted octanol–water partition coefficient (Wildman–Crippen LogP) is 4.68. The fourth-order valence-electron chi connectivity index (χ4n) is 3.25. The van der Waals surface area contributed by atoms with Crippen molar-refractivity contribution in [2.45, 2.75) is 37.5 Å². The number of phenolic OH excluding ortho intramolecular Hbond substituents is 2. The molecule has 3 rings (SSSR count). The molecule has 5 heteroatoms. The zero-order valence-electron chi connectivity index (χ0n) is 13.5. The number of hydrogen-bond donors (Lipinski definition) is 3. The normalized spacial score (nSPS) is 19.5. The molecule has 0 radical (unpaired) electrons. The molecule has 126 valence electrons. The zero-order valence-corrected chi connectivity index (χ0v) is 14.3. The van der Waals surface area contributed by atoms with Crippen molar-refractivity contribution in [2.24, 2.45) is 0 Å². The maximum absolute atomic E-state index is 12.3. The highest BCUT2D eigenvalue weighted by Gasteiger charge is 2.30. The highest BCUT2D eigenvalue weighted by molar-refractivity contribution is 8.12. The number of fused-ring (bicyclic) bond motifs is 1. The standard InChI is InChI=1S/C19H21NO3S/c1-12-7-8-14(18-16(22)10-9-15(21)17(12)18)20-19(23)24-11-13-5-3-2-4-6-13/h2-6,9-10,12,14,21-22H,7-8,11H2,1H3,(H,20,23)/t12-,14+/m1/s1. The number of thioether (sulfide) groups is 1. The van der Waals surface area contributed by atoms with Crippen molar-refractivity contribution in [3.63, 3.8) is 0 Å². The van der Waals surface area contributed by atoms with Crippen LogP contribution in [0.4, 0.5) is 4.79 Å². The van der Waals surface area contributed by atoms with Gasteiger partial charge in [-0.3, -0.25) is 4.79 Å². The van der Waals surface area contributed by atoms with E-state index in [9.17, 15) is 15.0 Å². The van der Waals surface area contributed by atoms with Crippen LogP contribution < -0.4 is 5.32 Å². The lowest BCUT2D eigenvalue weighted by Crippen LogP contribution is -2.29. The van der Waals surface area contributed by atoms with Crippen LogP contribution >= 0.6 is 11.8 Å². The third-order valence-electron chi connectivity index (χ3n) is 4.48. The van der Waals surface area contributed by atoms with Crippen LogP contribution in [-0.2, 0) is 5.75 Å². The number of benzene rings is 2. The number of rotatable bonds is 3. The van der Waals surface area contributed by atoms with Crippen molar-refractivity contribution in [1.29, 1.82) is 0 Å². The molecule has 0 saturated carbocycles. The summed E-state index contributed by atoms with van der Waals surface area (Å²) in [5, 5.41) is 23.2. The minimum Gasteiger partial charge on any atom is -0.508 e. The molecule has 1 aliphatic rings. The van der Waals surface area contributed by atoms with Gasteiger partial charge in [-0.1, -0.05) is 49.0 Å². The molecule has 0 spiro atoms. The molecule has 2 aromatic carbocycles. The van der Waals surface area contributed by atoms with E-state index < -0.39 is 0 Å². The van der Waals surface area contributed by atoms with Crippen molar-refractivity contribution in [1.82, 2.24) is 5.32 Å². The molecule has 2 aromatic rings. The Morgan fingerprint density at radius 2 is 1.75 bits per heavy atom. The third kappa shape index (κ3) is 3.51. The van der Waals surface area contributed by atoms with Gasteiger partial charge in [0.15, 0.2) is 0 Å².